The lowest BCUT2D eigenvalue weighted by Crippen LogP contribution is -2.18. The summed E-state index contributed by atoms with van der Waals surface area (Å²) in [7, 11) is 1.90. The number of H-pyrrole nitrogens is 1. The lowest BCUT2D eigenvalue weighted by atomic mass is 10.1. The second kappa shape index (κ2) is 4.09. The normalized spacial score (nSPS) is 13.3. The molecule has 5 nitrogen and oxygen atoms in total. The Kier molecular flexibility index (Phi) is 2.78. The summed E-state index contributed by atoms with van der Waals surface area (Å²) < 4.78 is 1.80. The van der Waals surface area contributed by atoms with Crippen molar-refractivity contribution in [2.75, 3.05) is 0 Å². The van der Waals surface area contributed by atoms with Gasteiger partial charge in [0.15, 0.2) is 0 Å². The number of hydrogen-bond acceptors (Lipinski definition) is 3. The van der Waals surface area contributed by atoms with Crippen molar-refractivity contribution in [1.82, 2.24) is 19.7 Å². The smallest absolute Gasteiger partial charge is 0.123 e. The molecule has 2 rings (SSSR count). The third-order valence-corrected chi connectivity index (χ3v) is 2.73. The van der Waals surface area contributed by atoms with E-state index in [-0.39, 0.29) is 6.04 Å². The van der Waals surface area contributed by atoms with Crippen LogP contribution in [0.1, 0.15) is 25.7 Å². The third kappa shape index (κ3) is 1.86. The zero-order valence-electron chi connectivity index (χ0n) is 9.81. The molecule has 5 heteroatoms. The first-order chi connectivity index (χ1) is 7.59. The highest BCUT2D eigenvalue weighted by Crippen LogP contribution is 2.20. The molecule has 0 aliphatic heterocycles. The first kappa shape index (κ1) is 10.9. The van der Waals surface area contributed by atoms with Crippen molar-refractivity contribution in [3.63, 3.8) is 0 Å². The van der Waals surface area contributed by atoms with E-state index >= 15 is 0 Å². The van der Waals surface area contributed by atoms with E-state index < -0.39 is 0 Å². The van der Waals surface area contributed by atoms with Gasteiger partial charge in [-0.2, -0.15) is 5.10 Å². The summed E-state index contributed by atoms with van der Waals surface area (Å²) in [6.45, 7) is 4.16. The molecule has 1 unspecified atom stereocenters. The molecular formula is C11H17N5. The molecule has 1 atom stereocenters. The largest absolute Gasteiger partial charge is 0.339 e. The highest BCUT2D eigenvalue weighted by molar-refractivity contribution is 5.53. The zero-order valence-corrected chi connectivity index (χ0v) is 9.81. The first-order valence-corrected chi connectivity index (χ1v) is 5.38. The quantitative estimate of drug-likeness (QED) is 0.821. The molecule has 3 N–H and O–H groups in total. The summed E-state index contributed by atoms with van der Waals surface area (Å²) in [4.78, 5) is 7.55. The van der Waals surface area contributed by atoms with Crippen molar-refractivity contribution in [2.45, 2.75) is 19.9 Å². The molecule has 86 valence electrons. The summed E-state index contributed by atoms with van der Waals surface area (Å²) in [5.74, 6) is 1.19. The molecule has 2 aromatic rings. The van der Waals surface area contributed by atoms with Crippen LogP contribution < -0.4 is 5.73 Å². The molecule has 2 heterocycles. The topological polar surface area (TPSA) is 72.5 Å². The highest BCUT2D eigenvalue weighted by Gasteiger charge is 2.15. The van der Waals surface area contributed by atoms with Gasteiger partial charge >= 0.3 is 0 Å². The summed E-state index contributed by atoms with van der Waals surface area (Å²) in [6.07, 6.45) is 3.56. The molecule has 0 fully saturated rings. The van der Waals surface area contributed by atoms with Crippen molar-refractivity contribution in [3.8, 4) is 11.4 Å². The fourth-order valence-electron chi connectivity index (χ4n) is 1.59. The number of nitrogens with one attached hydrogen (secondary N) is 1. The number of imidazole rings is 1. The van der Waals surface area contributed by atoms with Crippen molar-refractivity contribution in [3.05, 3.63) is 24.3 Å². The van der Waals surface area contributed by atoms with Crippen molar-refractivity contribution in [2.24, 2.45) is 18.7 Å². The Balaban J connectivity index is 2.30. The lowest BCUT2D eigenvalue weighted by Gasteiger charge is -2.12. The van der Waals surface area contributed by atoms with E-state index in [1.807, 2.05) is 13.1 Å². The molecular weight excluding hydrogens is 202 g/mol. The molecule has 0 bridgehead atoms. The Morgan fingerprint density at radius 3 is 2.75 bits per heavy atom. The highest BCUT2D eigenvalue weighted by atomic mass is 15.3. The molecule has 0 saturated heterocycles. The summed E-state index contributed by atoms with van der Waals surface area (Å²) >= 11 is 0. The zero-order chi connectivity index (χ0) is 11.7. The summed E-state index contributed by atoms with van der Waals surface area (Å²) in [6, 6.07) is 1.89. The van der Waals surface area contributed by atoms with E-state index in [1.165, 1.54) is 0 Å². The van der Waals surface area contributed by atoms with Gasteiger partial charge in [-0.15, -0.1) is 0 Å². The van der Waals surface area contributed by atoms with E-state index in [9.17, 15) is 0 Å². The minimum atomic E-state index is -0.0537. The molecule has 2 aromatic heterocycles. The molecule has 0 radical (unpaired) electrons. The van der Waals surface area contributed by atoms with Gasteiger partial charge in [0.1, 0.15) is 5.82 Å². The Bertz CT molecular complexity index is 468. The van der Waals surface area contributed by atoms with E-state index in [0.717, 1.165) is 17.2 Å². The fourth-order valence-corrected chi connectivity index (χ4v) is 1.59. The maximum atomic E-state index is 6.03. The molecule has 16 heavy (non-hydrogen) atoms. The van der Waals surface area contributed by atoms with Gasteiger partial charge in [0.25, 0.3) is 0 Å². The fraction of sp³-hybridized carbons (Fsp3) is 0.455. The molecule has 0 spiro atoms. The Morgan fingerprint density at radius 2 is 2.19 bits per heavy atom. The van der Waals surface area contributed by atoms with Gasteiger partial charge in [0.05, 0.1) is 23.6 Å². The molecule has 0 aliphatic rings. The van der Waals surface area contributed by atoms with Crippen LogP contribution in [0.2, 0.25) is 0 Å². The van der Waals surface area contributed by atoms with Gasteiger partial charge in [-0.1, -0.05) is 13.8 Å². The average molecular weight is 219 g/mol. The average Bonchev–Trinajstić information content (AvgIpc) is 2.84. The molecule has 0 aromatic carbocycles. The number of nitrogens with zero attached hydrogens (tertiary/aromatic N) is 3. The van der Waals surface area contributed by atoms with E-state index in [0.29, 0.717) is 5.92 Å². The summed E-state index contributed by atoms with van der Waals surface area (Å²) in [5.41, 5.74) is 7.99. The second-order valence-corrected chi connectivity index (χ2v) is 4.29. The van der Waals surface area contributed by atoms with Crippen molar-refractivity contribution in [1.29, 1.82) is 0 Å². The van der Waals surface area contributed by atoms with Gasteiger partial charge in [-0.05, 0) is 12.0 Å². The van der Waals surface area contributed by atoms with Crippen LogP contribution >= 0.6 is 0 Å². The molecule has 0 amide bonds. The lowest BCUT2D eigenvalue weighted by molar-refractivity contribution is 0.494. The van der Waals surface area contributed by atoms with Crippen LogP contribution in [-0.4, -0.2) is 19.7 Å². The van der Waals surface area contributed by atoms with Crippen molar-refractivity contribution >= 4 is 0 Å². The van der Waals surface area contributed by atoms with Gasteiger partial charge < -0.3 is 10.7 Å². The first-order valence-electron chi connectivity index (χ1n) is 5.38. The minimum Gasteiger partial charge on any atom is -0.339 e. The van der Waals surface area contributed by atoms with Crippen LogP contribution in [0.5, 0.6) is 0 Å². The number of aryl methyl sites for hydroxylation is 1. The second-order valence-electron chi connectivity index (χ2n) is 4.29. The van der Waals surface area contributed by atoms with E-state index in [1.54, 1.807) is 17.1 Å². The maximum Gasteiger partial charge on any atom is 0.123 e. The van der Waals surface area contributed by atoms with Crippen LogP contribution in [0.25, 0.3) is 11.4 Å². The van der Waals surface area contributed by atoms with Crippen LogP contribution in [0.3, 0.4) is 0 Å². The maximum absolute atomic E-state index is 6.03. The van der Waals surface area contributed by atoms with Gasteiger partial charge in [-0.25, -0.2) is 4.98 Å². The van der Waals surface area contributed by atoms with Crippen molar-refractivity contribution < 1.29 is 0 Å². The number of hydrogen-bond donors (Lipinski definition) is 2. The number of rotatable bonds is 3. The number of aromatic amines is 1. The Morgan fingerprint density at radius 1 is 1.44 bits per heavy atom. The monoisotopic (exact) mass is 219 g/mol. The number of nitrogens with two attached hydrogens (primary N) is 1. The molecule has 0 aliphatic carbocycles. The van der Waals surface area contributed by atoms with E-state index in [2.05, 4.69) is 28.9 Å². The summed E-state index contributed by atoms with van der Waals surface area (Å²) in [5, 5.41) is 4.12. The van der Waals surface area contributed by atoms with Crippen LogP contribution in [0, 0.1) is 5.92 Å². The standard InChI is InChI=1S/C11H17N5/c1-7(2)10(12)11-13-6-8(15-11)9-4-5-14-16(9)3/h4-7,10H,12H2,1-3H3,(H,13,15). The van der Waals surface area contributed by atoms with Gasteiger partial charge in [0.2, 0.25) is 0 Å². The molecule has 0 saturated carbocycles. The van der Waals surface area contributed by atoms with Crippen LogP contribution in [0.15, 0.2) is 18.5 Å². The Hall–Kier alpha value is -1.62. The predicted molar refractivity (Wildman–Crippen MR) is 62.6 cm³/mol. The number of aromatic nitrogens is 4. The van der Waals surface area contributed by atoms with E-state index in [4.69, 9.17) is 5.73 Å². The van der Waals surface area contributed by atoms with Gasteiger partial charge in [-0.3, -0.25) is 4.68 Å². The Labute approximate surface area is 94.7 Å². The predicted octanol–water partition coefficient (Wildman–Crippen LogP) is 1.47. The van der Waals surface area contributed by atoms with Crippen LogP contribution in [-0.2, 0) is 7.05 Å². The minimum absolute atomic E-state index is 0.0537. The van der Waals surface area contributed by atoms with Crippen LogP contribution in [0.4, 0.5) is 0 Å². The van der Waals surface area contributed by atoms with Gasteiger partial charge in [0, 0.05) is 13.2 Å². The third-order valence-electron chi connectivity index (χ3n) is 2.73. The SMILES string of the molecule is CC(C)C(N)c1ncc(-c2ccnn2C)[nH]1.